The fraction of sp³-hybridized carbons (Fsp3) is 0.444. The van der Waals surface area contributed by atoms with Crippen molar-refractivity contribution in [1.29, 1.82) is 0 Å². The van der Waals surface area contributed by atoms with Gasteiger partial charge in [0.1, 0.15) is 0 Å². The summed E-state index contributed by atoms with van der Waals surface area (Å²) >= 11 is 0. The zero-order valence-corrected chi connectivity index (χ0v) is 18.1. The van der Waals surface area contributed by atoms with Gasteiger partial charge in [-0.25, -0.2) is 4.99 Å². The molecule has 0 aliphatic carbocycles. The zero-order valence-electron chi connectivity index (χ0n) is 15.8. The molecule has 150 valence electrons. The average molecular weight is 495 g/mol. The van der Waals surface area contributed by atoms with Crippen LogP contribution in [0.25, 0.3) is 0 Å². The number of alkyl halides is 3. The second-order valence-corrected chi connectivity index (χ2v) is 6.02. The molecule has 0 saturated carbocycles. The molecule has 0 aliphatic heterocycles. The van der Waals surface area contributed by atoms with Crippen molar-refractivity contribution in [2.75, 3.05) is 6.54 Å². The first-order chi connectivity index (χ1) is 12.2. The van der Waals surface area contributed by atoms with Gasteiger partial charge in [0.25, 0.3) is 0 Å². The number of guanidine groups is 1. The van der Waals surface area contributed by atoms with Crippen molar-refractivity contribution >= 4 is 29.9 Å². The summed E-state index contributed by atoms with van der Waals surface area (Å²) in [5, 5.41) is 10.7. The van der Waals surface area contributed by atoms with Crippen LogP contribution in [0.4, 0.5) is 13.2 Å². The minimum atomic E-state index is -4.35. The number of nitrogens with zero attached hydrogens (tertiary/aromatic N) is 3. The smallest absolute Gasteiger partial charge is 0.357 e. The van der Waals surface area contributed by atoms with Crippen molar-refractivity contribution in [2.45, 2.75) is 40.0 Å². The molecule has 9 heteroatoms. The van der Waals surface area contributed by atoms with E-state index in [0.29, 0.717) is 24.6 Å². The van der Waals surface area contributed by atoms with E-state index < -0.39 is 11.7 Å². The second kappa shape index (κ2) is 9.95. The maximum Gasteiger partial charge on any atom is 0.416 e. The van der Waals surface area contributed by atoms with E-state index in [1.807, 2.05) is 32.5 Å². The maximum atomic E-state index is 12.8. The molecule has 1 heterocycles. The molecule has 0 radical (unpaired) electrons. The van der Waals surface area contributed by atoms with Crippen LogP contribution < -0.4 is 10.6 Å². The first-order valence-electron chi connectivity index (χ1n) is 8.39. The van der Waals surface area contributed by atoms with Gasteiger partial charge in [-0.1, -0.05) is 12.1 Å². The van der Waals surface area contributed by atoms with Crippen LogP contribution in [0.15, 0.2) is 29.3 Å². The van der Waals surface area contributed by atoms with E-state index in [1.165, 1.54) is 6.07 Å². The number of halogens is 4. The molecule has 0 saturated heterocycles. The first-order valence-corrected chi connectivity index (χ1v) is 8.39. The van der Waals surface area contributed by atoms with Crippen LogP contribution in [0.1, 0.15) is 35.0 Å². The van der Waals surface area contributed by atoms with Crippen molar-refractivity contribution in [3.63, 3.8) is 0 Å². The highest BCUT2D eigenvalue weighted by molar-refractivity contribution is 14.0. The zero-order chi connectivity index (χ0) is 19.3. The van der Waals surface area contributed by atoms with Gasteiger partial charge in [-0.3, -0.25) is 4.68 Å². The number of hydrogen-bond acceptors (Lipinski definition) is 2. The van der Waals surface area contributed by atoms with Crippen molar-refractivity contribution < 1.29 is 13.2 Å². The molecule has 2 aromatic rings. The first kappa shape index (κ1) is 23.3. The Labute approximate surface area is 174 Å². The molecule has 0 fully saturated rings. The van der Waals surface area contributed by atoms with Gasteiger partial charge in [0.05, 0.1) is 17.8 Å². The van der Waals surface area contributed by atoms with Crippen LogP contribution in [0, 0.1) is 13.8 Å². The van der Waals surface area contributed by atoms with Crippen LogP contribution in [0.2, 0.25) is 0 Å². The molecular formula is C18H25F3IN5. The highest BCUT2D eigenvalue weighted by atomic mass is 127. The summed E-state index contributed by atoms with van der Waals surface area (Å²) in [5.74, 6) is 0.549. The minimum Gasteiger partial charge on any atom is -0.357 e. The largest absolute Gasteiger partial charge is 0.416 e. The normalized spacial score (nSPS) is 11.9. The molecule has 0 unspecified atom stereocenters. The third-order valence-electron chi connectivity index (χ3n) is 4.11. The SMILES string of the molecule is CCNC(=NCc1cccc(C(F)(F)F)c1)NCc1c(C)nn(C)c1C.I. The molecule has 0 bridgehead atoms. The third-order valence-corrected chi connectivity index (χ3v) is 4.11. The van der Waals surface area contributed by atoms with Gasteiger partial charge in [0.2, 0.25) is 0 Å². The Kier molecular flexibility index (Phi) is 8.58. The van der Waals surface area contributed by atoms with Gasteiger partial charge in [-0.2, -0.15) is 18.3 Å². The van der Waals surface area contributed by atoms with Crippen molar-refractivity contribution in [3.8, 4) is 0 Å². The summed E-state index contributed by atoms with van der Waals surface area (Å²) in [4.78, 5) is 4.39. The minimum absolute atomic E-state index is 0. The Balaban J connectivity index is 0.00000364. The van der Waals surface area contributed by atoms with Crippen molar-refractivity contribution in [1.82, 2.24) is 20.4 Å². The highest BCUT2D eigenvalue weighted by Gasteiger charge is 2.30. The van der Waals surface area contributed by atoms with E-state index in [-0.39, 0.29) is 30.5 Å². The molecule has 5 nitrogen and oxygen atoms in total. The van der Waals surface area contributed by atoms with Crippen LogP contribution in [-0.2, 0) is 26.3 Å². The number of aliphatic imine (C=N–C) groups is 1. The lowest BCUT2D eigenvalue weighted by molar-refractivity contribution is -0.137. The fourth-order valence-electron chi connectivity index (χ4n) is 2.60. The highest BCUT2D eigenvalue weighted by Crippen LogP contribution is 2.29. The second-order valence-electron chi connectivity index (χ2n) is 6.02. The van der Waals surface area contributed by atoms with Crippen LogP contribution in [0.3, 0.4) is 0 Å². The van der Waals surface area contributed by atoms with Crippen LogP contribution in [0.5, 0.6) is 0 Å². The van der Waals surface area contributed by atoms with E-state index in [0.717, 1.165) is 29.1 Å². The Morgan fingerprint density at radius 3 is 2.48 bits per heavy atom. The van der Waals surface area contributed by atoms with Gasteiger partial charge in [-0.15, -0.1) is 24.0 Å². The molecule has 27 heavy (non-hydrogen) atoms. The Morgan fingerprint density at radius 2 is 1.93 bits per heavy atom. The Hall–Kier alpha value is -1.78. The standard InChI is InChI=1S/C18H24F3N5.HI/c1-5-22-17(24-11-16-12(2)25-26(4)13(16)3)23-10-14-7-6-8-15(9-14)18(19,20)21;/h6-9H,5,10-11H2,1-4H3,(H2,22,23,24);1H. The lowest BCUT2D eigenvalue weighted by atomic mass is 10.1. The molecule has 2 N–H and O–H groups in total. The summed E-state index contributed by atoms with van der Waals surface area (Å²) in [7, 11) is 1.89. The van der Waals surface area contributed by atoms with Gasteiger partial charge in [-0.05, 0) is 38.5 Å². The topological polar surface area (TPSA) is 54.2 Å². The molecule has 1 aromatic carbocycles. The third kappa shape index (κ3) is 6.40. The summed E-state index contributed by atoms with van der Waals surface area (Å²) in [6, 6.07) is 5.22. The molecule has 0 amide bonds. The fourth-order valence-corrected chi connectivity index (χ4v) is 2.60. The van der Waals surface area contributed by atoms with Gasteiger partial charge >= 0.3 is 6.18 Å². The number of aryl methyl sites for hydroxylation is 2. The predicted molar refractivity (Wildman–Crippen MR) is 111 cm³/mol. The number of rotatable bonds is 5. The van der Waals surface area contributed by atoms with Crippen molar-refractivity contribution in [2.24, 2.45) is 12.0 Å². The van der Waals surface area contributed by atoms with Gasteiger partial charge in [0.15, 0.2) is 5.96 Å². The number of aromatic nitrogens is 2. The number of nitrogens with one attached hydrogen (secondary N) is 2. The quantitative estimate of drug-likeness (QED) is 0.376. The summed E-state index contributed by atoms with van der Waals surface area (Å²) in [6.45, 7) is 7.21. The van der Waals surface area contributed by atoms with E-state index in [4.69, 9.17) is 0 Å². The monoisotopic (exact) mass is 495 g/mol. The number of hydrogen-bond donors (Lipinski definition) is 2. The van der Waals surface area contributed by atoms with E-state index >= 15 is 0 Å². The summed E-state index contributed by atoms with van der Waals surface area (Å²) in [6.07, 6.45) is -4.35. The Morgan fingerprint density at radius 1 is 1.22 bits per heavy atom. The lowest BCUT2D eigenvalue weighted by Gasteiger charge is -2.12. The molecule has 2 rings (SSSR count). The summed E-state index contributed by atoms with van der Waals surface area (Å²) in [5.41, 5.74) is 2.92. The molecule has 0 spiro atoms. The maximum absolute atomic E-state index is 12.8. The average Bonchev–Trinajstić information content (AvgIpc) is 2.82. The molecule has 0 aliphatic rings. The van der Waals surface area contributed by atoms with Gasteiger partial charge < -0.3 is 10.6 Å². The van der Waals surface area contributed by atoms with Crippen LogP contribution >= 0.6 is 24.0 Å². The van der Waals surface area contributed by atoms with Crippen LogP contribution in [-0.4, -0.2) is 22.3 Å². The molecular weight excluding hydrogens is 470 g/mol. The predicted octanol–water partition coefficient (Wildman–Crippen LogP) is 3.93. The van der Waals surface area contributed by atoms with Crippen molar-refractivity contribution in [3.05, 3.63) is 52.3 Å². The lowest BCUT2D eigenvalue weighted by Crippen LogP contribution is -2.37. The molecule has 0 atom stereocenters. The van der Waals surface area contributed by atoms with E-state index in [2.05, 4.69) is 20.7 Å². The Bertz CT molecular complexity index is 784. The summed E-state index contributed by atoms with van der Waals surface area (Å²) < 4.78 is 40.2. The van der Waals surface area contributed by atoms with E-state index in [1.54, 1.807) is 6.07 Å². The molecule has 1 aromatic heterocycles. The van der Waals surface area contributed by atoms with E-state index in [9.17, 15) is 13.2 Å². The van der Waals surface area contributed by atoms with Gasteiger partial charge in [0, 0.05) is 31.4 Å². The number of benzene rings is 1.